The first-order valence-corrected chi connectivity index (χ1v) is 6.50. The minimum Gasteiger partial charge on any atom is -0.341 e. The predicted octanol–water partition coefficient (Wildman–Crippen LogP) is 2.31. The van der Waals surface area contributed by atoms with Crippen LogP contribution in [0.15, 0.2) is 35.5 Å². The van der Waals surface area contributed by atoms with Crippen molar-refractivity contribution in [2.24, 2.45) is 11.7 Å². The van der Waals surface area contributed by atoms with Crippen LogP contribution in [0.3, 0.4) is 0 Å². The molecule has 0 aromatic heterocycles. The molecule has 0 aromatic rings. The van der Waals surface area contributed by atoms with E-state index in [9.17, 15) is 4.79 Å². The Morgan fingerprint density at radius 1 is 1.28 bits per heavy atom. The summed E-state index contributed by atoms with van der Waals surface area (Å²) in [5.41, 5.74) is 7.43. The highest BCUT2D eigenvalue weighted by atomic mass is 16.2. The summed E-state index contributed by atoms with van der Waals surface area (Å²) < 4.78 is 0. The number of carbonyl (C=O) groups excluding carboxylic acids is 1. The molecule has 0 radical (unpaired) electrons. The van der Waals surface area contributed by atoms with Crippen molar-refractivity contribution in [1.29, 1.82) is 0 Å². The van der Waals surface area contributed by atoms with Crippen LogP contribution in [0.4, 0.5) is 0 Å². The van der Waals surface area contributed by atoms with Crippen LogP contribution in [0, 0.1) is 5.92 Å². The van der Waals surface area contributed by atoms with Gasteiger partial charge in [0.2, 0.25) is 0 Å². The zero-order valence-electron chi connectivity index (χ0n) is 11.9. The van der Waals surface area contributed by atoms with Crippen molar-refractivity contribution in [3.05, 3.63) is 35.5 Å². The Labute approximate surface area is 110 Å². The minimum atomic E-state index is -0.474. The lowest BCUT2D eigenvalue weighted by atomic mass is 9.74. The molecule has 1 aliphatic rings. The molecule has 1 saturated heterocycles. The van der Waals surface area contributed by atoms with E-state index in [1.807, 2.05) is 45.1 Å². The monoisotopic (exact) mass is 248 g/mol. The van der Waals surface area contributed by atoms with Crippen LogP contribution in [-0.4, -0.2) is 17.5 Å². The molecule has 0 spiro atoms. The molecule has 100 valence electrons. The number of allylic oxidation sites excluding steroid dienone is 4. The summed E-state index contributed by atoms with van der Waals surface area (Å²) >= 11 is 0. The van der Waals surface area contributed by atoms with Gasteiger partial charge in [0, 0.05) is 11.6 Å². The molecule has 3 N–H and O–H groups in total. The normalized spacial score (nSPS) is 30.7. The summed E-state index contributed by atoms with van der Waals surface area (Å²) in [5.74, 6) is 0.203. The van der Waals surface area contributed by atoms with Crippen molar-refractivity contribution in [3.8, 4) is 0 Å². The number of nitrogens with two attached hydrogens (primary N) is 1. The Hall–Kier alpha value is -1.35. The second-order valence-electron chi connectivity index (χ2n) is 5.07. The van der Waals surface area contributed by atoms with Gasteiger partial charge in [-0.2, -0.15) is 0 Å². The standard InChI is InChI=1S/C15H24N2O/c1-6-8-9-13-12(7-2)14(18)17-15(13,10(3)4)11(5)16/h6-11H,16H2,1-5H3,(H,17,18)/b8-6-,12-7+,13-9+. The van der Waals surface area contributed by atoms with E-state index in [4.69, 9.17) is 5.73 Å². The SMILES string of the molecule is C\C=C/C=C1\C(=C/C)C(=O)NC1(C(C)C)C(C)N. The Kier molecular flexibility index (Phi) is 4.52. The van der Waals surface area contributed by atoms with Crippen molar-refractivity contribution in [3.63, 3.8) is 0 Å². The maximum Gasteiger partial charge on any atom is 0.252 e. The highest BCUT2D eigenvalue weighted by molar-refractivity contribution is 6.03. The first kappa shape index (κ1) is 14.7. The molecular weight excluding hydrogens is 224 g/mol. The van der Waals surface area contributed by atoms with E-state index in [2.05, 4.69) is 19.2 Å². The van der Waals surface area contributed by atoms with E-state index in [0.717, 1.165) is 11.1 Å². The van der Waals surface area contributed by atoms with Crippen LogP contribution in [0.1, 0.15) is 34.6 Å². The first-order valence-electron chi connectivity index (χ1n) is 6.50. The van der Waals surface area contributed by atoms with E-state index < -0.39 is 5.54 Å². The fourth-order valence-electron chi connectivity index (χ4n) is 2.71. The van der Waals surface area contributed by atoms with Crippen LogP contribution in [0.2, 0.25) is 0 Å². The summed E-state index contributed by atoms with van der Waals surface area (Å²) in [7, 11) is 0. The maximum atomic E-state index is 12.1. The van der Waals surface area contributed by atoms with Crippen molar-refractivity contribution in [1.82, 2.24) is 5.32 Å². The third-order valence-corrected chi connectivity index (χ3v) is 3.67. The molecule has 2 unspecified atom stereocenters. The quantitative estimate of drug-likeness (QED) is 0.753. The molecule has 1 aliphatic heterocycles. The molecule has 0 aliphatic carbocycles. The number of amides is 1. The van der Waals surface area contributed by atoms with Gasteiger partial charge in [0.15, 0.2) is 0 Å². The first-order chi connectivity index (χ1) is 8.41. The van der Waals surface area contributed by atoms with Crippen molar-refractivity contribution < 1.29 is 4.79 Å². The highest BCUT2D eigenvalue weighted by Crippen LogP contribution is 2.39. The number of hydrogen-bond acceptors (Lipinski definition) is 2. The third kappa shape index (κ3) is 2.15. The Bertz CT molecular complexity index is 406. The second kappa shape index (κ2) is 5.53. The van der Waals surface area contributed by atoms with Gasteiger partial charge >= 0.3 is 0 Å². The average molecular weight is 248 g/mol. The summed E-state index contributed by atoms with van der Waals surface area (Å²) in [6.45, 7) is 9.97. The van der Waals surface area contributed by atoms with Crippen molar-refractivity contribution in [2.45, 2.75) is 46.2 Å². The van der Waals surface area contributed by atoms with Gasteiger partial charge in [0.05, 0.1) is 5.54 Å². The fourth-order valence-corrected chi connectivity index (χ4v) is 2.71. The number of carbonyl (C=O) groups is 1. The van der Waals surface area contributed by atoms with Crippen molar-refractivity contribution >= 4 is 5.91 Å². The second-order valence-corrected chi connectivity index (χ2v) is 5.07. The molecular formula is C15H24N2O. The predicted molar refractivity (Wildman–Crippen MR) is 76.0 cm³/mol. The van der Waals surface area contributed by atoms with Gasteiger partial charge in [0.1, 0.15) is 0 Å². The minimum absolute atomic E-state index is 0.0285. The zero-order valence-corrected chi connectivity index (χ0v) is 11.9. The topological polar surface area (TPSA) is 55.1 Å². The molecule has 0 saturated carbocycles. The van der Waals surface area contributed by atoms with Crippen LogP contribution in [-0.2, 0) is 4.79 Å². The van der Waals surface area contributed by atoms with Gasteiger partial charge in [-0.05, 0) is 32.3 Å². The molecule has 18 heavy (non-hydrogen) atoms. The Morgan fingerprint density at radius 2 is 1.89 bits per heavy atom. The summed E-state index contributed by atoms with van der Waals surface area (Å²) in [4.78, 5) is 12.1. The number of nitrogens with one attached hydrogen (secondary N) is 1. The van der Waals surface area contributed by atoms with Gasteiger partial charge in [0.25, 0.3) is 5.91 Å². The van der Waals surface area contributed by atoms with Gasteiger partial charge in [-0.3, -0.25) is 4.79 Å². The third-order valence-electron chi connectivity index (χ3n) is 3.67. The van der Waals surface area contributed by atoms with Crippen LogP contribution >= 0.6 is 0 Å². The van der Waals surface area contributed by atoms with Crippen molar-refractivity contribution in [2.75, 3.05) is 0 Å². The molecule has 0 aromatic carbocycles. The molecule has 0 bridgehead atoms. The molecule has 1 rings (SSSR count). The molecule has 1 heterocycles. The largest absolute Gasteiger partial charge is 0.341 e. The fraction of sp³-hybridized carbons (Fsp3) is 0.533. The summed E-state index contributed by atoms with van der Waals surface area (Å²) in [6.07, 6.45) is 7.77. The van der Waals surface area contributed by atoms with Gasteiger partial charge < -0.3 is 11.1 Å². The van der Waals surface area contributed by atoms with Crippen LogP contribution in [0.5, 0.6) is 0 Å². The average Bonchev–Trinajstić information content (AvgIpc) is 2.59. The van der Waals surface area contributed by atoms with E-state index in [1.54, 1.807) is 0 Å². The van der Waals surface area contributed by atoms with E-state index in [0.29, 0.717) is 0 Å². The van der Waals surface area contributed by atoms with Gasteiger partial charge in [-0.15, -0.1) is 0 Å². The molecule has 2 atom stereocenters. The van der Waals surface area contributed by atoms with E-state index >= 15 is 0 Å². The van der Waals surface area contributed by atoms with E-state index in [-0.39, 0.29) is 17.9 Å². The van der Waals surface area contributed by atoms with Gasteiger partial charge in [-0.1, -0.05) is 38.2 Å². The zero-order chi connectivity index (χ0) is 13.9. The summed E-state index contributed by atoms with van der Waals surface area (Å²) in [5, 5.41) is 3.09. The lowest BCUT2D eigenvalue weighted by Crippen LogP contribution is -2.58. The van der Waals surface area contributed by atoms with Crippen LogP contribution in [0.25, 0.3) is 0 Å². The summed E-state index contributed by atoms with van der Waals surface area (Å²) in [6, 6.07) is -0.143. The van der Waals surface area contributed by atoms with Crippen LogP contribution < -0.4 is 11.1 Å². The number of hydrogen-bond donors (Lipinski definition) is 2. The highest BCUT2D eigenvalue weighted by Gasteiger charge is 2.49. The molecule has 3 nitrogen and oxygen atoms in total. The molecule has 3 heteroatoms. The Morgan fingerprint density at radius 3 is 2.28 bits per heavy atom. The molecule has 1 amide bonds. The lowest BCUT2D eigenvalue weighted by Gasteiger charge is -2.38. The Balaban J connectivity index is 3.46. The molecule has 1 fully saturated rings. The lowest BCUT2D eigenvalue weighted by molar-refractivity contribution is -0.117. The smallest absolute Gasteiger partial charge is 0.252 e. The maximum absolute atomic E-state index is 12.1. The van der Waals surface area contributed by atoms with Gasteiger partial charge in [-0.25, -0.2) is 0 Å². The number of rotatable bonds is 3. The van der Waals surface area contributed by atoms with E-state index in [1.165, 1.54) is 0 Å².